The summed E-state index contributed by atoms with van der Waals surface area (Å²) in [6, 6.07) is 1.74. The van der Waals surface area contributed by atoms with Crippen LogP contribution in [0.2, 0.25) is 5.15 Å². The van der Waals surface area contributed by atoms with Crippen LogP contribution in [-0.2, 0) is 0 Å². The van der Waals surface area contributed by atoms with Crippen LogP contribution in [0.25, 0.3) is 5.65 Å². The van der Waals surface area contributed by atoms with Crippen LogP contribution in [0.5, 0.6) is 0 Å². The fourth-order valence-corrected chi connectivity index (χ4v) is 2.18. The van der Waals surface area contributed by atoms with Crippen molar-refractivity contribution in [2.75, 3.05) is 0 Å². The Morgan fingerprint density at radius 1 is 1.35 bits per heavy atom. The highest BCUT2D eigenvalue weighted by Crippen LogP contribution is 2.24. The van der Waals surface area contributed by atoms with Gasteiger partial charge >= 0.3 is 0 Å². The Bertz CT molecular complexity index is 494. The van der Waals surface area contributed by atoms with Gasteiger partial charge in [-0.2, -0.15) is 0 Å². The molecule has 0 aliphatic rings. The quantitative estimate of drug-likeness (QED) is 0.766. The average molecular weight is 253 g/mol. The van der Waals surface area contributed by atoms with Gasteiger partial charge in [0.1, 0.15) is 17.3 Å². The van der Waals surface area contributed by atoms with Crippen LogP contribution >= 0.6 is 11.6 Å². The van der Waals surface area contributed by atoms with Gasteiger partial charge in [-0.3, -0.25) is 4.40 Å². The Balaban J connectivity index is 2.33. The second kappa shape index (κ2) is 5.45. The molecule has 0 amide bonds. The molecule has 0 spiro atoms. The first kappa shape index (κ1) is 12.3. The number of halogens is 1. The SMILES string of the molecule is CCCCC(CC)c1nnc2cc(Cl)ncn12. The Hall–Kier alpha value is -1.16. The minimum atomic E-state index is 0.452. The van der Waals surface area contributed by atoms with Gasteiger partial charge < -0.3 is 0 Å². The maximum Gasteiger partial charge on any atom is 0.165 e. The Kier molecular flexibility index (Phi) is 3.94. The first-order valence-corrected chi connectivity index (χ1v) is 6.50. The topological polar surface area (TPSA) is 43.1 Å². The van der Waals surface area contributed by atoms with E-state index in [1.54, 1.807) is 12.4 Å². The zero-order valence-electron chi connectivity index (χ0n) is 10.2. The third-order valence-electron chi connectivity index (χ3n) is 3.06. The minimum absolute atomic E-state index is 0.452. The highest BCUT2D eigenvalue weighted by atomic mass is 35.5. The third kappa shape index (κ3) is 2.57. The van der Waals surface area contributed by atoms with Crippen molar-refractivity contribution in [2.24, 2.45) is 0 Å². The van der Waals surface area contributed by atoms with Gasteiger partial charge in [0.15, 0.2) is 5.65 Å². The van der Waals surface area contributed by atoms with Crippen LogP contribution in [-0.4, -0.2) is 19.6 Å². The number of fused-ring (bicyclic) bond motifs is 1. The maximum absolute atomic E-state index is 5.83. The molecule has 2 aromatic rings. The van der Waals surface area contributed by atoms with Crippen LogP contribution in [0, 0.1) is 0 Å². The van der Waals surface area contributed by atoms with Crippen LogP contribution in [0.4, 0.5) is 0 Å². The number of rotatable bonds is 5. The van der Waals surface area contributed by atoms with Gasteiger partial charge in [0.25, 0.3) is 0 Å². The molecule has 0 bridgehead atoms. The summed E-state index contributed by atoms with van der Waals surface area (Å²) in [5.41, 5.74) is 0.773. The van der Waals surface area contributed by atoms with Gasteiger partial charge in [0.05, 0.1) is 0 Å². The van der Waals surface area contributed by atoms with E-state index in [9.17, 15) is 0 Å². The summed E-state index contributed by atoms with van der Waals surface area (Å²) in [6.45, 7) is 4.39. The molecule has 1 unspecified atom stereocenters. The van der Waals surface area contributed by atoms with Crippen molar-refractivity contribution in [1.82, 2.24) is 19.6 Å². The van der Waals surface area contributed by atoms with Gasteiger partial charge in [-0.05, 0) is 12.8 Å². The summed E-state index contributed by atoms with van der Waals surface area (Å²) in [4.78, 5) is 4.09. The van der Waals surface area contributed by atoms with Crippen LogP contribution < -0.4 is 0 Å². The van der Waals surface area contributed by atoms with E-state index in [1.165, 1.54) is 12.8 Å². The van der Waals surface area contributed by atoms with Gasteiger partial charge in [-0.15, -0.1) is 10.2 Å². The summed E-state index contributed by atoms with van der Waals surface area (Å²) >= 11 is 5.83. The van der Waals surface area contributed by atoms with Crippen molar-refractivity contribution in [3.05, 3.63) is 23.4 Å². The first-order valence-electron chi connectivity index (χ1n) is 6.12. The minimum Gasteiger partial charge on any atom is -0.269 e. The van der Waals surface area contributed by atoms with Gasteiger partial charge in [-0.25, -0.2) is 4.98 Å². The second-order valence-corrected chi connectivity index (χ2v) is 4.63. The fraction of sp³-hybridized carbons (Fsp3) is 0.583. The molecule has 92 valence electrons. The number of aromatic nitrogens is 4. The summed E-state index contributed by atoms with van der Waals surface area (Å²) < 4.78 is 1.94. The molecule has 5 heteroatoms. The summed E-state index contributed by atoms with van der Waals surface area (Å²) in [6.07, 6.45) is 6.35. The van der Waals surface area contributed by atoms with E-state index in [2.05, 4.69) is 29.0 Å². The monoisotopic (exact) mass is 252 g/mol. The molecular weight excluding hydrogens is 236 g/mol. The predicted molar refractivity (Wildman–Crippen MR) is 68.3 cm³/mol. The first-order chi connectivity index (χ1) is 8.26. The molecule has 0 aliphatic carbocycles. The summed E-state index contributed by atoms with van der Waals surface area (Å²) in [5, 5.41) is 8.88. The van der Waals surface area contributed by atoms with E-state index >= 15 is 0 Å². The molecule has 0 aromatic carbocycles. The number of unbranched alkanes of at least 4 members (excludes halogenated alkanes) is 1. The van der Waals surface area contributed by atoms with E-state index in [0.29, 0.717) is 11.1 Å². The van der Waals surface area contributed by atoms with Crippen molar-refractivity contribution >= 4 is 17.2 Å². The van der Waals surface area contributed by atoms with Crippen molar-refractivity contribution in [3.8, 4) is 0 Å². The van der Waals surface area contributed by atoms with E-state index in [-0.39, 0.29) is 0 Å². The van der Waals surface area contributed by atoms with Gasteiger partial charge in [0.2, 0.25) is 0 Å². The highest BCUT2D eigenvalue weighted by molar-refractivity contribution is 6.29. The van der Waals surface area contributed by atoms with E-state index in [0.717, 1.165) is 24.3 Å². The average Bonchev–Trinajstić information content (AvgIpc) is 2.73. The number of hydrogen-bond donors (Lipinski definition) is 0. The van der Waals surface area contributed by atoms with Crippen LogP contribution in [0.15, 0.2) is 12.4 Å². The molecule has 0 N–H and O–H groups in total. The fourth-order valence-electron chi connectivity index (χ4n) is 2.03. The largest absolute Gasteiger partial charge is 0.269 e. The standard InChI is InChI=1S/C12H17ClN4/c1-3-5-6-9(4-2)12-16-15-11-7-10(13)14-8-17(11)12/h7-9H,3-6H2,1-2H3. The zero-order valence-corrected chi connectivity index (χ0v) is 11.0. The van der Waals surface area contributed by atoms with E-state index < -0.39 is 0 Å². The predicted octanol–water partition coefficient (Wildman–Crippen LogP) is 3.46. The molecule has 2 rings (SSSR count). The molecule has 1 atom stereocenters. The van der Waals surface area contributed by atoms with Crippen molar-refractivity contribution in [1.29, 1.82) is 0 Å². The molecule has 4 nitrogen and oxygen atoms in total. The lowest BCUT2D eigenvalue weighted by Gasteiger charge is -2.11. The molecule has 2 aromatic heterocycles. The second-order valence-electron chi connectivity index (χ2n) is 4.25. The molecule has 0 aliphatic heterocycles. The van der Waals surface area contributed by atoms with E-state index in [4.69, 9.17) is 11.6 Å². The lowest BCUT2D eigenvalue weighted by atomic mass is 9.99. The molecule has 0 radical (unpaired) electrons. The Labute approximate surface area is 106 Å². The smallest absolute Gasteiger partial charge is 0.165 e. The molecular formula is C12H17ClN4. The normalized spacial score (nSPS) is 13.1. The zero-order chi connectivity index (χ0) is 12.3. The molecule has 0 fully saturated rings. The highest BCUT2D eigenvalue weighted by Gasteiger charge is 2.16. The Morgan fingerprint density at radius 2 is 2.18 bits per heavy atom. The summed E-state index contributed by atoms with van der Waals surface area (Å²) in [5.74, 6) is 1.45. The number of hydrogen-bond acceptors (Lipinski definition) is 3. The van der Waals surface area contributed by atoms with Crippen molar-refractivity contribution in [3.63, 3.8) is 0 Å². The van der Waals surface area contributed by atoms with Crippen LogP contribution in [0.3, 0.4) is 0 Å². The lowest BCUT2D eigenvalue weighted by Crippen LogP contribution is -2.04. The molecule has 0 saturated heterocycles. The van der Waals surface area contributed by atoms with Gasteiger partial charge in [0, 0.05) is 12.0 Å². The van der Waals surface area contributed by atoms with Crippen LogP contribution in [0.1, 0.15) is 51.3 Å². The lowest BCUT2D eigenvalue weighted by molar-refractivity contribution is 0.538. The third-order valence-corrected chi connectivity index (χ3v) is 3.26. The van der Waals surface area contributed by atoms with Crippen molar-refractivity contribution < 1.29 is 0 Å². The Morgan fingerprint density at radius 3 is 2.88 bits per heavy atom. The molecule has 2 heterocycles. The number of nitrogens with zero attached hydrogens (tertiary/aromatic N) is 4. The van der Waals surface area contributed by atoms with E-state index in [1.807, 2.05) is 4.40 Å². The van der Waals surface area contributed by atoms with Gasteiger partial charge in [-0.1, -0.05) is 38.3 Å². The maximum atomic E-state index is 5.83. The molecule has 17 heavy (non-hydrogen) atoms. The van der Waals surface area contributed by atoms with Crippen molar-refractivity contribution in [2.45, 2.75) is 45.4 Å². The molecule has 0 saturated carbocycles. The summed E-state index contributed by atoms with van der Waals surface area (Å²) in [7, 11) is 0.